The number of rotatable bonds is 7. The van der Waals surface area contributed by atoms with E-state index >= 15 is 0 Å². The maximum Gasteiger partial charge on any atom is 0.251 e. The molecule has 0 radical (unpaired) electrons. The lowest BCUT2D eigenvalue weighted by molar-refractivity contribution is 0.0954. The summed E-state index contributed by atoms with van der Waals surface area (Å²) in [5, 5.41) is 12.9. The molecule has 0 saturated carbocycles. The Kier molecular flexibility index (Phi) is 6.21. The number of halogens is 1. The van der Waals surface area contributed by atoms with Gasteiger partial charge in [-0.05, 0) is 49.0 Å². The second-order valence-electron chi connectivity index (χ2n) is 6.96. The zero-order valence-corrected chi connectivity index (χ0v) is 17.4. The lowest BCUT2D eigenvalue weighted by atomic mass is 10.1. The van der Waals surface area contributed by atoms with E-state index in [0.717, 1.165) is 32.4 Å². The van der Waals surface area contributed by atoms with E-state index in [2.05, 4.69) is 27.3 Å². The van der Waals surface area contributed by atoms with Crippen LogP contribution in [-0.2, 0) is 6.54 Å². The predicted octanol–water partition coefficient (Wildman–Crippen LogP) is 4.60. The Bertz CT molecular complexity index is 1060. The van der Waals surface area contributed by atoms with Crippen LogP contribution >= 0.6 is 11.8 Å². The highest BCUT2D eigenvalue weighted by molar-refractivity contribution is 7.99. The number of nitrogens with one attached hydrogen (secondary N) is 4. The van der Waals surface area contributed by atoms with Crippen molar-refractivity contribution in [1.82, 2.24) is 10.6 Å². The van der Waals surface area contributed by atoms with E-state index in [4.69, 9.17) is 0 Å². The fourth-order valence-corrected chi connectivity index (χ4v) is 4.27. The van der Waals surface area contributed by atoms with E-state index < -0.39 is 0 Å². The van der Waals surface area contributed by atoms with Gasteiger partial charge in [0.2, 0.25) is 0 Å². The van der Waals surface area contributed by atoms with Crippen LogP contribution in [0.4, 0.5) is 21.5 Å². The molecule has 3 aromatic rings. The molecule has 154 valence electrons. The molecule has 0 bridgehead atoms. The van der Waals surface area contributed by atoms with E-state index in [0.29, 0.717) is 25.2 Å². The van der Waals surface area contributed by atoms with Crippen LogP contribution < -0.4 is 21.3 Å². The standard InChI is InChI=1S/C23H23FN4OS/c1-25-10-11-26-23(29)16-12-19(27-14-15-6-8-17(24)9-7-15)22-21(13-16)30-20-5-3-2-4-18(20)28-22/h2-9,12-13,25,27-28H,10-11,14H2,1H3,(H,26,29). The van der Waals surface area contributed by atoms with Gasteiger partial charge in [-0.3, -0.25) is 4.79 Å². The van der Waals surface area contributed by atoms with E-state index in [1.54, 1.807) is 23.9 Å². The fourth-order valence-electron chi connectivity index (χ4n) is 3.21. The second-order valence-corrected chi connectivity index (χ2v) is 8.04. The van der Waals surface area contributed by atoms with Gasteiger partial charge in [-0.2, -0.15) is 0 Å². The van der Waals surface area contributed by atoms with Crippen molar-refractivity contribution in [3.8, 4) is 0 Å². The Morgan fingerprint density at radius 2 is 1.83 bits per heavy atom. The number of fused-ring (bicyclic) bond motifs is 2. The molecular weight excluding hydrogens is 399 g/mol. The molecule has 0 unspecified atom stereocenters. The average molecular weight is 423 g/mol. The summed E-state index contributed by atoms with van der Waals surface area (Å²) in [6.45, 7) is 1.78. The van der Waals surface area contributed by atoms with Crippen LogP contribution in [0.25, 0.3) is 0 Å². The number of carbonyl (C=O) groups excluding carboxylic acids is 1. The highest BCUT2D eigenvalue weighted by Gasteiger charge is 2.21. The number of hydrogen-bond donors (Lipinski definition) is 4. The Balaban J connectivity index is 1.63. The van der Waals surface area contributed by atoms with Crippen molar-refractivity contribution < 1.29 is 9.18 Å². The molecular formula is C23H23FN4OS. The topological polar surface area (TPSA) is 65.2 Å². The Hall–Kier alpha value is -3.03. The molecule has 4 N–H and O–H groups in total. The van der Waals surface area contributed by atoms with Gasteiger partial charge in [0.15, 0.2) is 0 Å². The minimum atomic E-state index is -0.258. The van der Waals surface area contributed by atoms with Crippen molar-refractivity contribution in [2.45, 2.75) is 16.3 Å². The molecule has 0 fully saturated rings. The summed E-state index contributed by atoms with van der Waals surface area (Å²) in [7, 11) is 1.85. The van der Waals surface area contributed by atoms with Gasteiger partial charge >= 0.3 is 0 Å². The molecule has 0 spiro atoms. The van der Waals surface area contributed by atoms with Crippen molar-refractivity contribution in [2.75, 3.05) is 30.8 Å². The van der Waals surface area contributed by atoms with Gasteiger partial charge in [-0.25, -0.2) is 4.39 Å². The number of amides is 1. The maximum atomic E-state index is 13.2. The summed E-state index contributed by atoms with van der Waals surface area (Å²) < 4.78 is 13.2. The van der Waals surface area contributed by atoms with E-state index in [-0.39, 0.29) is 11.7 Å². The highest BCUT2D eigenvalue weighted by Crippen LogP contribution is 2.47. The SMILES string of the molecule is CNCCNC(=O)c1cc(NCc2ccc(F)cc2)c2c(c1)Sc1ccccc1N2. The number of anilines is 3. The van der Waals surface area contributed by atoms with E-state index in [1.807, 2.05) is 37.4 Å². The van der Waals surface area contributed by atoms with Crippen molar-refractivity contribution in [3.05, 3.63) is 77.6 Å². The zero-order valence-electron chi connectivity index (χ0n) is 16.6. The quantitative estimate of drug-likeness (QED) is 0.328. The zero-order chi connectivity index (χ0) is 20.9. The van der Waals surface area contributed by atoms with Crippen LogP contribution in [0.1, 0.15) is 15.9 Å². The first-order valence-electron chi connectivity index (χ1n) is 9.77. The van der Waals surface area contributed by atoms with E-state index in [1.165, 1.54) is 12.1 Å². The normalized spacial score (nSPS) is 11.8. The van der Waals surface area contributed by atoms with Crippen molar-refractivity contribution in [1.29, 1.82) is 0 Å². The molecule has 0 aliphatic carbocycles. The molecule has 0 atom stereocenters. The molecule has 5 nitrogen and oxygen atoms in total. The van der Waals surface area contributed by atoms with Gasteiger partial charge in [-0.15, -0.1) is 0 Å². The lowest BCUT2D eigenvalue weighted by Gasteiger charge is -2.25. The first-order valence-corrected chi connectivity index (χ1v) is 10.6. The number of likely N-dealkylation sites (N-methyl/N-ethyl adjacent to an activating group) is 1. The molecule has 0 saturated heterocycles. The van der Waals surface area contributed by atoms with Crippen molar-refractivity contribution in [2.24, 2.45) is 0 Å². The molecule has 7 heteroatoms. The molecule has 1 amide bonds. The lowest BCUT2D eigenvalue weighted by Crippen LogP contribution is -2.30. The minimum absolute atomic E-state index is 0.114. The van der Waals surface area contributed by atoms with Gasteiger partial charge in [0.25, 0.3) is 5.91 Å². The van der Waals surface area contributed by atoms with Crippen LogP contribution in [0.15, 0.2) is 70.5 Å². The monoisotopic (exact) mass is 422 g/mol. The number of hydrogen-bond acceptors (Lipinski definition) is 5. The Morgan fingerprint density at radius 3 is 2.63 bits per heavy atom. The van der Waals surface area contributed by atoms with Crippen molar-refractivity contribution >= 4 is 34.7 Å². The van der Waals surface area contributed by atoms with Gasteiger partial charge in [0.1, 0.15) is 5.82 Å². The molecule has 3 aromatic carbocycles. The third-order valence-electron chi connectivity index (χ3n) is 4.79. The average Bonchev–Trinajstić information content (AvgIpc) is 2.77. The first-order chi connectivity index (χ1) is 14.6. The van der Waals surface area contributed by atoms with Gasteiger partial charge < -0.3 is 21.3 Å². The van der Waals surface area contributed by atoms with Crippen molar-refractivity contribution in [3.63, 3.8) is 0 Å². The van der Waals surface area contributed by atoms with Crippen LogP contribution in [0.2, 0.25) is 0 Å². The van der Waals surface area contributed by atoms with Crippen LogP contribution in [0.3, 0.4) is 0 Å². The van der Waals surface area contributed by atoms with Crippen LogP contribution in [0, 0.1) is 5.82 Å². The smallest absolute Gasteiger partial charge is 0.251 e. The summed E-state index contributed by atoms with van der Waals surface area (Å²) >= 11 is 1.64. The largest absolute Gasteiger partial charge is 0.379 e. The Morgan fingerprint density at radius 1 is 1.03 bits per heavy atom. The van der Waals surface area contributed by atoms with Gasteiger partial charge in [0.05, 0.1) is 17.1 Å². The summed E-state index contributed by atoms with van der Waals surface area (Å²) in [5.41, 5.74) is 4.36. The molecule has 0 aromatic heterocycles. The Labute approximate surface area is 179 Å². The third kappa shape index (κ3) is 4.58. The summed E-state index contributed by atoms with van der Waals surface area (Å²) in [6, 6.07) is 18.3. The molecule has 4 rings (SSSR count). The summed E-state index contributed by atoms with van der Waals surface area (Å²) in [5.74, 6) is -0.372. The predicted molar refractivity (Wildman–Crippen MR) is 120 cm³/mol. The molecule has 30 heavy (non-hydrogen) atoms. The van der Waals surface area contributed by atoms with Crippen LogP contribution in [-0.4, -0.2) is 26.0 Å². The summed E-state index contributed by atoms with van der Waals surface area (Å²) in [6.07, 6.45) is 0. The molecule has 1 aliphatic rings. The van der Waals surface area contributed by atoms with Crippen LogP contribution in [0.5, 0.6) is 0 Å². The number of benzene rings is 3. The first kappa shape index (κ1) is 20.3. The van der Waals surface area contributed by atoms with Gasteiger partial charge in [-0.1, -0.05) is 36.0 Å². The van der Waals surface area contributed by atoms with Gasteiger partial charge in [0, 0.05) is 35.0 Å². The summed E-state index contributed by atoms with van der Waals surface area (Å²) in [4.78, 5) is 14.8. The number of carbonyl (C=O) groups is 1. The fraction of sp³-hybridized carbons (Fsp3) is 0.174. The maximum absolute atomic E-state index is 13.2. The third-order valence-corrected chi connectivity index (χ3v) is 5.91. The highest BCUT2D eigenvalue weighted by atomic mass is 32.2. The second kappa shape index (κ2) is 9.19. The molecule has 1 aliphatic heterocycles. The minimum Gasteiger partial charge on any atom is -0.379 e. The van der Waals surface area contributed by atoms with E-state index in [9.17, 15) is 9.18 Å². The molecule has 1 heterocycles. The number of para-hydroxylation sites is 1.